The lowest BCUT2D eigenvalue weighted by Gasteiger charge is -2.35. The number of ketones is 1. The number of hydrogen-bond acceptors (Lipinski definition) is 7. The van der Waals surface area contributed by atoms with Crippen molar-refractivity contribution in [3.05, 3.63) is 69.8 Å². The van der Waals surface area contributed by atoms with Crippen LogP contribution in [0.25, 0.3) is 0 Å². The number of rotatable bonds is 3. The van der Waals surface area contributed by atoms with E-state index in [0.29, 0.717) is 0 Å². The highest BCUT2D eigenvalue weighted by atomic mass is 16.6. The first-order valence-electron chi connectivity index (χ1n) is 10.7. The van der Waals surface area contributed by atoms with Crippen molar-refractivity contribution in [1.29, 1.82) is 0 Å². The Kier molecular flexibility index (Phi) is 4.49. The van der Waals surface area contributed by atoms with Gasteiger partial charge in [0, 0.05) is 17.5 Å². The Bertz CT molecular complexity index is 1250. The van der Waals surface area contributed by atoms with Crippen molar-refractivity contribution in [2.45, 2.75) is 32.9 Å². The van der Waals surface area contributed by atoms with Gasteiger partial charge < -0.3 is 0 Å². The molecule has 0 aromatic heterocycles. The second-order valence-corrected chi connectivity index (χ2v) is 9.60. The number of imide groups is 1. The minimum Gasteiger partial charge on any atom is -0.297 e. The van der Waals surface area contributed by atoms with Crippen molar-refractivity contribution in [3.63, 3.8) is 0 Å². The lowest BCUT2D eigenvalue weighted by molar-refractivity contribution is -0.384. The molecular formula is C24H22N4O5. The summed E-state index contributed by atoms with van der Waals surface area (Å²) < 4.78 is 0. The van der Waals surface area contributed by atoms with E-state index >= 15 is 0 Å². The summed E-state index contributed by atoms with van der Waals surface area (Å²) >= 11 is 0. The second-order valence-electron chi connectivity index (χ2n) is 9.60. The molecule has 0 bridgehead atoms. The predicted molar refractivity (Wildman–Crippen MR) is 119 cm³/mol. The number of benzene rings is 2. The van der Waals surface area contributed by atoms with Gasteiger partial charge in [0.05, 0.1) is 34.7 Å². The molecule has 0 saturated carbocycles. The largest absolute Gasteiger partial charge is 0.297 e. The van der Waals surface area contributed by atoms with Crippen LogP contribution in [0.4, 0.5) is 11.4 Å². The fraction of sp³-hybridized carbons (Fsp3) is 0.333. The van der Waals surface area contributed by atoms with Crippen LogP contribution >= 0.6 is 0 Å². The van der Waals surface area contributed by atoms with Gasteiger partial charge in [0.15, 0.2) is 5.78 Å². The number of nitrogens with zero attached hydrogens (tertiary/aromatic N) is 4. The molecule has 2 aromatic rings. The van der Waals surface area contributed by atoms with E-state index in [1.54, 1.807) is 32.0 Å². The van der Waals surface area contributed by atoms with Crippen LogP contribution < -0.4 is 4.90 Å². The maximum Gasteiger partial charge on any atom is 0.271 e. The smallest absolute Gasteiger partial charge is 0.271 e. The summed E-state index contributed by atoms with van der Waals surface area (Å²) in [6, 6.07) is 11.4. The Labute approximate surface area is 189 Å². The van der Waals surface area contributed by atoms with Gasteiger partial charge in [-0.3, -0.25) is 29.5 Å². The van der Waals surface area contributed by atoms with Crippen molar-refractivity contribution < 1.29 is 19.3 Å². The minimum absolute atomic E-state index is 0.134. The molecule has 2 amide bonds. The quantitative estimate of drug-likeness (QED) is 0.407. The van der Waals surface area contributed by atoms with Crippen LogP contribution in [-0.4, -0.2) is 39.8 Å². The molecule has 4 atom stereocenters. The summed E-state index contributed by atoms with van der Waals surface area (Å²) in [4.78, 5) is 52.6. The zero-order valence-electron chi connectivity index (χ0n) is 18.3. The van der Waals surface area contributed by atoms with Crippen molar-refractivity contribution in [3.8, 4) is 0 Å². The Morgan fingerprint density at radius 2 is 1.73 bits per heavy atom. The minimum atomic E-state index is -0.934. The number of hydrogen-bond donors (Lipinski definition) is 0. The molecule has 0 spiro atoms. The standard InChI is InChI=1S/C24H22N4O5/c1-24(2,3)21(29)20-18-17(19-16-10-5-4-7-13(16)12-25-27(19)20)22(30)26(23(18)31)14-8-6-9-15(11-14)28(32)33/h4-12,17-20H,1-3H3/t17-,18-,19+,20+/m1/s1. The van der Waals surface area contributed by atoms with Gasteiger partial charge in [0.1, 0.15) is 6.04 Å². The SMILES string of the molecule is CC(C)(C)C(=O)[C@@H]1[C@@H]2C(=O)N(c3cccc([N+](=O)[O-])c3)C(=O)[C@H]2[C@@H]2c3ccccc3C=NN12. The number of anilines is 1. The second kappa shape index (κ2) is 7.06. The van der Waals surface area contributed by atoms with E-state index in [1.165, 1.54) is 24.3 Å². The van der Waals surface area contributed by atoms with Crippen molar-refractivity contribution in [2.24, 2.45) is 22.4 Å². The number of amides is 2. The van der Waals surface area contributed by atoms with Gasteiger partial charge in [0.25, 0.3) is 5.69 Å². The van der Waals surface area contributed by atoms with Gasteiger partial charge in [-0.1, -0.05) is 51.1 Å². The Balaban J connectivity index is 1.66. The fourth-order valence-electron chi connectivity index (χ4n) is 5.11. The van der Waals surface area contributed by atoms with Crippen LogP contribution in [0.1, 0.15) is 37.9 Å². The molecule has 2 saturated heterocycles. The van der Waals surface area contributed by atoms with Gasteiger partial charge in [-0.2, -0.15) is 5.10 Å². The number of nitro benzene ring substituents is 1. The first-order chi connectivity index (χ1) is 15.6. The molecule has 33 heavy (non-hydrogen) atoms. The van der Waals surface area contributed by atoms with E-state index in [0.717, 1.165) is 16.0 Å². The zero-order valence-corrected chi connectivity index (χ0v) is 18.3. The summed E-state index contributed by atoms with van der Waals surface area (Å²) in [6.45, 7) is 5.33. The van der Waals surface area contributed by atoms with E-state index in [4.69, 9.17) is 0 Å². The molecule has 9 nitrogen and oxygen atoms in total. The number of fused-ring (bicyclic) bond motifs is 5. The number of carbonyl (C=O) groups excluding carboxylic acids is 3. The summed E-state index contributed by atoms with van der Waals surface area (Å²) in [7, 11) is 0. The summed E-state index contributed by atoms with van der Waals surface area (Å²) in [5.74, 6) is -2.95. The highest BCUT2D eigenvalue weighted by Gasteiger charge is 2.66. The molecule has 0 aliphatic carbocycles. The molecule has 168 valence electrons. The average molecular weight is 446 g/mol. The molecule has 3 aliphatic heterocycles. The topological polar surface area (TPSA) is 113 Å². The molecule has 5 rings (SSSR count). The van der Waals surface area contributed by atoms with Gasteiger partial charge in [-0.15, -0.1) is 0 Å². The first kappa shape index (κ1) is 21.0. The molecule has 3 aliphatic rings. The van der Waals surface area contributed by atoms with E-state index in [2.05, 4.69) is 5.10 Å². The van der Waals surface area contributed by atoms with Crippen molar-refractivity contribution in [1.82, 2.24) is 5.01 Å². The van der Waals surface area contributed by atoms with Gasteiger partial charge >= 0.3 is 0 Å². The molecule has 2 aromatic carbocycles. The van der Waals surface area contributed by atoms with Crippen LogP contribution in [-0.2, 0) is 14.4 Å². The van der Waals surface area contributed by atoms with Crippen molar-refractivity contribution in [2.75, 3.05) is 4.90 Å². The normalized spacial score (nSPS) is 25.7. The number of hydrazone groups is 1. The third-order valence-electron chi connectivity index (χ3n) is 6.60. The average Bonchev–Trinajstić information content (AvgIpc) is 3.25. The molecule has 9 heteroatoms. The molecule has 0 radical (unpaired) electrons. The summed E-state index contributed by atoms with van der Waals surface area (Å²) in [5, 5.41) is 17.4. The van der Waals surface area contributed by atoms with Crippen molar-refractivity contribution >= 4 is 35.2 Å². The maximum absolute atomic E-state index is 13.7. The summed E-state index contributed by atoms with van der Waals surface area (Å²) in [6.07, 6.45) is 1.66. The van der Waals surface area contributed by atoms with Crippen LogP contribution in [0.15, 0.2) is 53.6 Å². The van der Waals surface area contributed by atoms with Gasteiger partial charge in [-0.05, 0) is 17.2 Å². The van der Waals surface area contributed by atoms with Crippen LogP contribution in [0.3, 0.4) is 0 Å². The molecule has 2 fully saturated rings. The number of non-ortho nitro benzene ring substituents is 1. The van der Waals surface area contributed by atoms with E-state index in [9.17, 15) is 24.5 Å². The predicted octanol–water partition coefficient (Wildman–Crippen LogP) is 3.09. The number of carbonyl (C=O) groups is 3. The number of Topliss-reactive ketones (excluding diaryl/α,β-unsaturated/α-hetero) is 1. The van der Waals surface area contributed by atoms with Crippen LogP contribution in [0.5, 0.6) is 0 Å². The van der Waals surface area contributed by atoms with Gasteiger partial charge in [-0.25, -0.2) is 4.90 Å². The first-order valence-corrected chi connectivity index (χ1v) is 10.7. The van der Waals surface area contributed by atoms with E-state index in [-0.39, 0.29) is 17.2 Å². The van der Waals surface area contributed by atoms with E-state index < -0.39 is 46.1 Å². The lowest BCUT2D eigenvalue weighted by atomic mass is 9.79. The molecule has 0 unspecified atom stereocenters. The lowest BCUT2D eigenvalue weighted by Crippen LogP contribution is -2.48. The van der Waals surface area contributed by atoms with Crippen LogP contribution in [0.2, 0.25) is 0 Å². The fourth-order valence-corrected chi connectivity index (χ4v) is 5.11. The number of nitro groups is 1. The zero-order chi connectivity index (χ0) is 23.7. The Hall–Kier alpha value is -3.88. The van der Waals surface area contributed by atoms with Crippen LogP contribution in [0, 0.1) is 27.4 Å². The molecular weight excluding hydrogens is 424 g/mol. The highest BCUT2D eigenvalue weighted by Crippen LogP contribution is 2.53. The third-order valence-corrected chi connectivity index (χ3v) is 6.60. The maximum atomic E-state index is 13.7. The molecule has 0 N–H and O–H groups in total. The van der Waals surface area contributed by atoms with Gasteiger partial charge in [0.2, 0.25) is 11.8 Å². The highest BCUT2D eigenvalue weighted by molar-refractivity contribution is 6.24. The van der Waals surface area contributed by atoms with E-state index in [1.807, 2.05) is 24.3 Å². The Morgan fingerprint density at radius 3 is 2.42 bits per heavy atom. The monoisotopic (exact) mass is 446 g/mol. The summed E-state index contributed by atoms with van der Waals surface area (Å²) in [5.41, 5.74) is 0.805. The third kappa shape index (κ3) is 2.99. The Morgan fingerprint density at radius 1 is 1.03 bits per heavy atom. The molecule has 3 heterocycles.